The molecule has 98 valence electrons. The lowest BCUT2D eigenvalue weighted by molar-refractivity contribution is 0.0855. The van der Waals surface area contributed by atoms with Crippen molar-refractivity contribution in [2.45, 2.75) is 19.8 Å². The number of rotatable bonds is 4. The summed E-state index contributed by atoms with van der Waals surface area (Å²) in [6, 6.07) is 16.1. The first-order chi connectivity index (χ1) is 9.22. The van der Waals surface area contributed by atoms with Crippen LogP contribution in [0.4, 0.5) is 5.69 Å². The summed E-state index contributed by atoms with van der Waals surface area (Å²) in [6.07, 6.45) is 2.07. The second-order valence-electron chi connectivity index (χ2n) is 4.40. The van der Waals surface area contributed by atoms with Gasteiger partial charge in [0.05, 0.1) is 5.69 Å². The van der Waals surface area contributed by atoms with Crippen molar-refractivity contribution in [1.29, 1.82) is 0 Å². The monoisotopic (exact) mass is 255 g/mol. The van der Waals surface area contributed by atoms with Gasteiger partial charge in [-0.05, 0) is 36.2 Å². The summed E-state index contributed by atoms with van der Waals surface area (Å²) >= 11 is 0. The zero-order valence-corrected chi connectivity index (χ0v) is 10.9. The first-order valence-corrected chi connectivity index (χ1v) is 6.39. The van der Waals surface area contributed by atoms with Crippen molar-refractivity contribution in [2.75, 3.05) is 5.06 Å². The third-order valence-corrected chi connectivity index (χ3v) is 2.93. The summed E-state index contributed by atoms with van der Waals surface area (Å²) in [4.78, 5) is 12.1. The van der Waals surface area contributed by atoms with Gasteiger partial charge in [0.15, 0.2) is 0 Å². The Bertz CT molecular complexity index is 534. The Balaban J connectivity index is 2.15. The number of benzene rings is 2. The molecule has 0 aliphatic carbocycles. The molecule has 0 aliphatic rings. The topological polar surface area (TPSA) is 40.5 Å². The standard InChI is InChI=1S/C16H17NO2/c1-2-6-13-9-11-14(12-10-13)16(18)17(19)15-7-4-3-5-8-15/h3-5,7-12,19H,2,6H2,1H3. The number of hydrogen-bond acceptors (Lipinski definition) is 2. The Labute approximate surface area is 113 Å². The number of carbonyl (C=O) groups is 1. The third-order valence-electron chi connectivity index (χ3n) is 2.93. The maximum Gasteiger partial charge on any atom is 0.281 e. The molecule has 0 fully saturated rings. The number of hydroxylamine groups is 1. The summed E-state index contributed by atoms with van der Waals surface area (Å²) in [5.41, 5.74) is 2.14. The molecule has 0 radical (unpaired) electrons. The van der Waals surface area contributed by atoms with Gasteiger partial charge < -0.3 is 0 Å². The van der Waals surface area contributed by atoms with Crippen LogP contribution in [0.3, 0.4) is 0 Å². The number of anilines is 1. The SMILES string of the molecule is CCCc1ccc(C(=O)N(O)c2ccccc2)cc1. The molecule has 0 aliphatic heterocycles. The molecular weight excluding hydrogens is 238 g/mol. The molecule has 0 saturated carbocycles. The van der Waals surface area contributed by atoms with E-state index >= 15 is 0 Å². The number of para-hydroxylation sites is 1. The van der Waals surface area contributed by atoms with Gasteiger partial charge in [-0.2, -0.15) is 5.06 Å². The van der Waals surface area contributed by atoms with Gasteiger partial charge in [-0.1, -0.05) is 43.7 Å². The quantitative estimate of drug-likeness (QED) is 0.669. The number of amides is 1. The molecule has 0 atom stereocenters. The summed E-state index contributed by atoms with van der Waals surface area (Å²) in [6.45, 7) is 2.12. The van der Waals surface area contributed by atoms with E-state index in [9.17, 15) is 10.0 Å². The van der Waals surface area contributed by atoms with Crippen LogP contribution in [0.25, 0.3) is 0 Å². The maximum atomic E-state index is 12.1. The van der Waals surface area contributed by atoms with E-state index < -0.39 is 5.91 Å². The van der Waals surface area contributed by atoms with Gasteiger partial charge in [0.2, 0.25) is 0 Å². The zero-order chi connectivity index (χ0) is 13.7. The fourth-order valence-electron chi connectivity index (χ4n) is 1.91. The van der Waals surface area contributed by atoms with Gasteiger partial charge >= 0.3 is 0 Å². The van der Waals surface area contributed by atoms with E-state index in [0.29, 0.717) is 16.3 Å². The van der Waals surface area contributed by atoms with E-state index in [1.807, 2.05) is 18.2 Å². The normalized spacial score (nSPS) is 10.2. The molecule has 3 heteroatoms. The molecule has 19 heavy (non-hydrogen) atoms. The Kier molecular flexibility index (Phi) is 4.31. The molecule has 0 saturated heterocycles. The van der Waals surface area contributed by atoms with Crippen molar-refractivity contribution >= 4 is 11.6 Å². The fourth-order valence-corrected chi connectivity index (χ4v) is 1.91. The molecule has 1 amide bonds. The molecule has 0 heterocycles. The molecule has 2 aromatic rings. The maximum absolute atomic E-state index is 12.1. The Morgan fingerprint density at radius 3 is 2.26 bits per heavy atom. The largest absolute Gasteiger partial charge is 0.281 e. The van der Waals surface area contributed by atoms with Gasteiger partial charge in [-0.25, -0.2) is 0 Å². The number of hydrogen-bond donors (Lipinski definition) is 1. The molecule has 0 spiro atoms. The number of carbonyl (C=O) groups excluding carboxylic acids is 1. The molecule has 0 unspecified atom stereocenters. The minimum atomic E-state index is -0.422. The van der Waals surface area contributed by atoms with E-state index in [2.05, 4.69) is 6.92 Å². The summed E-state index contributed by atoms with van der Waals surface area (Å²) in [5.74, 6) is -0.422. The summed E-state index contributed by atoms with van der Waals surface area (Å²) in [5, 5.41) is 10.6. The minimum Gasteiger partial charge on any atom is -0.281 e. The highest BCUT2D eigenvalue weighted by Crippen LogP contribution is 2.15. The van der Waals surface area contributed by atoms with E-state index in [4.69, 9.17) is 0 Å². The number of nitrogens with zero attached hydrogens (tertiary/aromatic N) is 1. The second-order valence-corrected chi connectivity index (χ2v) is 4.40. The number of aryl methyl sites for hydroxylation is 1. The highest BCUT2D eigenvalue weighted by atomic mass is 16.5. The minimum absolute atomic E-state index is 0.422. The lowest BCUT2D eigenvalue weighted by Crippen LogP contribution is -2.26. The predicted molar refractivity (Wildman–Crippen MR) is 75.5 cm³/mol. The Morgan fingerprint density at radius 1 is 1.05 bits per heavy atom. The van der Waals surface area contributed by atoms with Crippen molar-refractivity contribution in [3.8, 4) is 0 Å². The molecule has 0 aromatic heterocycles. The van der Waals surface area contributed by atoms with Crippen LogP contribution >= 0.6 is 0 Å². The average molecular weight is 255 g/mol. The van der Waals surface area contributed by atoms with Gasteiger partial charge in [0.25, 0.3) is 5.91 Å². The molecule has 2 rings (SSSR count). The van der Waals surface area contributed by atoms with E-state index in [1.165, 1.54) is 5.56 Å². The van der Waals surface area contributed by atoms with Crippen LogP contribution in [0.2, 0.25) is 0 Å². The van der Waals surface area contributed by atoms with Gasteiger partial charge in [-0.15, -0.1) is 0 Å². The van der Waals surface area contributed by atoms with Crippen LogP contribution in [0, 0.1) is 0 Å². The van der Waals surface area contributed by atoms with E-state index in [0.717, 1.165) is 12.8 Å². The fraction of sp³-hybridized carbons (Fsp3) is 0.188. The van der Waals surface area contributed by atoms with Crippen molar-refractivity contribution in [1.82, 2.24) is 0 Å². The van der Waals surface area contributed by atoms with Crippen LogP contribution in [-0.4, -0.2) is 11.1 Å². The predicted octanol–water partition coefficient (Wildman–Crippen LogP) is 3.68. The van der Waals surface area contributed by atoms with Gasteiger partial charge in [0.1, 0.15) is 0 Å². The van der Waals surface area contributed by atoms with Crippen molar-refractivity contribution < 1.29 is 10.0 Å². The van der Waals surface area contributed by atoms with Gasteiger partial charge in [0, 0.05) is 5.56 Å². The smallest absolute Gasteiger partial charge is 0.281 e. The molecule has 2 aromatic carbocycles. The lowest BCUT2D eigenvalue weighted by atomic mass is 10.1. The van der Waals surface area contributed by atoms with Crippen LogP contribution in [-0.2, 0) is 6.42 Å². The Morgan fingerprint density at radius 2 is 1.68 bits per heavy atom. The third kappa shape index (κ3) is 3.20. The second kappa shape index (κ2) is 6.16. The molecule has 3 nitrogen and oxygen atoms in total. The van der Waals surface area contributed by atoms with Crippen LogP contribution in [0.5, 0.6) is 0 Å². The van der Waals surface area contributed by atoms with Crippen molar-refractivity contribution in [3.05, 3.63) is 65.7 Å². The van der Waals surface area contributed by atoms with E-state index in [-0.39, 0.29) is 0 Å². The van der Waals surface area contributed by atoms with Gasteiger partial charge in [-0.3, -0.25) is 10.0 Å². The molecular formula is C16H17NO2. The van der Waals surface area contributed by atoms with Crippen molar-refractivity contribution in [2.24, 2.45) is 0 Å². The van der Waals surface area contributed by atoms with Crippen LogP contribution < -0.4 is 5.06 Å². The summed E-state index contributed by atoms with van der Waals surface area (Å²) in [7, 11) is 0. The first kappa shape index (κ1) is 13.3. The Hall–Kier alpha value is -2.13. The molecule has 1 N–H and O–H groups in total. The average Bonchev–Trinajstić information content (AvgIpc) is 2.48. The lowest BCUT2D eigenvalue weighted by Gasteiger charge is -2.15. The molecule has 0 bridgehead atoms. The highest BCUT2D eigenvalue weighted by molar-refractivity contribution is 6.04. The summed E-state index contributed by atoms with van der Waals surface area (Å²) < 4.78 is 0. The van der Waals surface area contributed by atoms with Crippen LogP contribution in [0.15, 0.2) is 54.6 Å². The van der Waals surface area contributed by atoms with E-state index in [1.54, 1.807) is 36.4 Å². The highest BCUT2D eigenvalue weighted by Gasteiger charge is 2.14. The first-order valence-electron chi connectivity index (χ1n) is 6.39. The van der Waals surface area contributed by atoms with Crippen LogP contribution in [0.1, 0.15) is 29.3 Å². The zero-order valence-electron chi connectivity index (χ0n) is 10.9. The van der Waals surface area contributed by atoms with Crippen molar-refractivity contribution in [3.63, 3.8) is 0 Å².